The maximum absolute atomic E-state index is 12.9. The molecular weight excluding hydrogens is 272 g/mol. The molecule has 1 aliphatic rings. The molecule has 0 N–H and O–H groups in total. The van der Waals surface area contributed by atoms with Crippen molar-refractivity contribution in [3.8, 4) is 0 Å². The zero-order valence-electron chi connectivity index (χ0n) is 13.0. The number of likely N-dealkylation sites (tertiary alicyclic amines) is 1. The first-order valence-corrected chi connectivity index (χ1v) is 7.83. The number of amides is 1. The Morgan fingerprint density at radius 2 is 1.73 bits per heavy atom. The van der Waals surface area contributed by atoms with E-state index < -0.39 is 0 Å². The molecule has 3 nitrogen and oxygen atoms in total. The number of benzene rings is 2. The van der Waals surface area contributed by atoms with Gasteiger partial charge in [0.1, 0.15) is 0 Å². The van der Waals surface area contributed by atoms with E-state index in [-0.39, 0.29) is 11.9 Å². The van der Waals surface area contributed by atoms with Crippen LogP contribution in [0.15, 0.2) is 60.7 Å². The third-order valence-corrected chi connectivity index (χ3v) is 4.23. The Labute approximate surface area is 132 Å². The average molecular weight is 294 g/mol. The van der Waals surface area contributed by atoms with E-state index in [4.69, 9.17) is 0 Å². The molecule has 1 atom stereocenters. The van der Waals surface area contributed by atoms with Crippen molar-refractivity contribution in [2.75, 3.05) is 25.0 Å². The van der Waals surface area contributed by atoms with Crippen LogP contribution in [0.25, 0.3) is 0 Å². The number of likely N-dealkylation sites (N-methyl/N-ethyl adjacent to an activating group) is 1. The standard InChI is InChI=1S/C19H22N2O/c1-20-13-12-18(15-20)21(17-10-6-3-7-11-17)19(22)14-16-8-4-2-5-9-16/h2-11,18H,12-15H2,1H3/t18-/m1/s1. The van der Waals surface area contributed by atoms with Crippen molar-refractivity contribution in [1.29, 1.82) is 0 Å². The van der Waals surface area contributed by atoms with Crippen LogP contribution in [0.1, 0.15) is 12.0 Å². The van der Waals surface area contributed by atoms with Crippen molar-refractivity contribution in [1.82, 2.24) is 4.90 Å². The number of anilines is 1. The quantitative estimate of drug-likeness (QED) is 0.865. The summed E-state index contributed by atoms with van der Waals surface area (Å²) in [5, 5.41) is 0. The maximum Gasteiger partial charge on any atom is 0.231 e. The predicted octanol–water partition coefficient (Wildman–Crippen LogP) is 2.97. The van der Waals surface area contributed by atoms with Crippen LogP contribution in [0, 0.1) is 0 Å². The molecule has 3 heteroatoms. The second kappa shape index (κ2) is 6.75. The molecule has 0 unspecified atom stereocenters. The Balaban J connectivity index is 1.83. The molecule has 1 fully saturated rings. The monoisotopic (exact) mass is 294 g/mol. The fourth-order valence-corrected chi connectivity index (χ4v) is 3.13. The van der Waals surface area contributed by atoms with E-state index in [1.807, 2.05) is 65.6 Å². The summed E-state index contributed by atoms with van der Waals surface area (Å²) >= 11 is 0. The van der Waals surface area contributed by atoms with Crippen LogP contribution in [-0.2, 0) is 11.2 Å². The highest BCUT2D eigenvalue weighted by atomic mass is 16.2. The average Bonchev–Trinajstić information content (AvgIpc) is 2.95. The minimum Gasteiger partial charge on any atom is -0.308 e. The molecule has 1 amide bonds. The van der Waals surface area contributed by atoms with Gasteiger partial charge in [0.15, 0.2) is 0 Å². The van der Waals surface area contributed by atoms with Crippen LogP contribution in [0.2, 0.25) is 0 Å². The molecule has 1 aliphatic heterocycles. The van der Waals surface area contributed by atoms with Crippen molar-refractivity contribution in [3.63, 3.8) is 0 Å². The first kappa shape index (κ1) is 14.8. The summed E-state index contributed by atoms with van der Waals surface area (Å²) in [6.07, 6.45) is 1.49. The second-order valence-corrected chi connectivity index (χ2v) is 5.97. The van der Waals surface area contributed by atoms with Crippen molar-refractivity contribution in [2.45, 2.75) is 18.9 Å². The Morgan fingerprint density at radius 1 is 1.09 bits per heavy atom. The predicted molar refractivity (Wildman–Crippen MR) is 90.0 cm³/mol. The zero-order chi connectivity index (χ0) is 15.4. The second-order valence-electron chi connectivity index (χ2n) is 5.97. The van der Waals surface area contributed by atoms with Crippen molar-refractivity contribution in [3.05, 3.63) is 66.2 Å². The van der Waals surface area contributed by atoms with Crippen LogP contribution in [-0.4, -0.2) is 37.0 Å². The lowest BCUT2D eigenvalue weighted by Gasteiger charge is -2.29. The highest BCUT2D eigenvalue weighted by Crippen LogP contribution is 2.23. The molecule has 0 saturated carbocycles. The SMILES string of the molecule is CN1CC[C@@H](N(C(=O)Cc2ccccc2)c2ccccc2)C1. The van der Waals surface area contributed by atoms with Gasteiger partial charge in [0.2, 0.25) is 5.91 Å². The van der Waals surface area contributed by atoms with Crippen LogP contribution in [0.3, 0.4) is 0 Å². The summed E-state index contributed by atoms with van der Waals surface area (Å²) in [6, 6.07) is 20.3. The lowest BCUT2D eigenvalue weighted by atomic mass is 10.1. The Kier molecular flexibility index (Phi) is 4.54. The van der Waals surface area contributed by atoms with E-state index in [0.717, 1.165) is 30.8 Å². The summed E-state index contributed by atoms with van der Waals surface area (Å²) in [4.78, 5) is 17.2. The third-order valence-electron chi connectivity index (χ3n) is 4.23. The first-order valence-electron chi connectivity index (χ1n) is 7.83. The van der Waals surface area contributed by atoms with E-state index in [0.29, 0.717) is 6.42 Å². The molecular formula is C19H22N2O. The molecule has 1 saturated heterocycles. The molecule has 0 aliphatic carbocycles. The summed E-state index contributed by atoms with van der Waals surface area (Å²) in [5.41, 5.74) is 2.07. The number of nitrogens with zero attached hydrogens (tertiary/aromatic N) is 2. The van der Waals surface area contributed by atoms with Crippen molar-refractivity contribution < 1.29 is 4.79 Å². The number of hydrogen-bond acceptors (Lipinski definition) is 2. The van der Waals surface area contributed by atoms with Gasteiger partial charge < -0.3 is 9.80 Å². The Bertz CT molecular complexity index is 612. The highest BCUT2D eigenvalue weighted by Gasteiger charge is 2.30. The molecule has 0 radical (unpaired) electrons. The Morgan fingerprint density at radius 3 is 2.32 bits per heavy atom. The third kappa shape index (κ3) is 3.37. The minimum atomic E-state index is 0.178. The molecule has 114 valence electrons. The fraction of sp³-hybridized carbons (Fsp3) is 0.316. The van der Waals surface area contributed by atoms with Gasteiger partial charge in [0.05, 0.1) is 12.5 Å². The van der Waals surface area contributed by atoms with Crippen LogP contribution >= 0.6 is 0 Å². The lowest BCUT2D eigenvalue weighted by Crippen LogP contribution is -2.42. The lowest BCUT2D eigenvalue weighted by molar-refractivity contribution is -0.118. The summed E-state index contributed by atoms with van der Waals surface area (Å²) in [5.74, 6) is 0.178. The number of rotatable bonds is 4. The van der Waals surface area contributed by atoms with Crippen molar-refractivity contribution in [2.24, 2.45) is 0 Å². The molecule has 1 heterocycles. The maximum atomic E-state index is 12.9. The summed E-state index contributed by atoms with van der Waals surface area (Å²) in [7, 11) is 2.12. The van der Waals surface area contributed by atoms with E-state index in [9.17, 15) is 4.79 Å². The smallest absolute Gasteiger partial charge is 0.231 e. The van der Waals surface area contributed by atoms with E-state index >= 15 is 0 Å². The van der Waals surface area contributed by atoms with E-state index in [2.05, 4.69) is 11.9 Å². The van der Waals surface area contributed by atoms with Gasteiger partial charge in [0.25, 0.3) is 0 Å². The van der Waals surface area contributed by atoms with Gasteiger partial charge in [-0.05, 0) is 37.7 Å². The van der Waals surface area contributed by atoms with Crippen LogP contribution < -0.4 is 4.90 Å². The highest BCUT2D eigenvalue weighted by molar-refractivity contribution is 5.95. The Hall–Kier alpha value is -2.13. The van der Waals surface area contributed by atoms with Gasteiger partial charge in [-0.2, -0.15) is 0 Å². The normalized spacial score (nSPS) is 18.3. The van der Waals surface area contributed by atoms with E-state index in [1.54, 1.807) is 0 Å². The fourth-order valence-electron chi connectivity index (χ4n) is 3.13. The van der Waals surface area contributed by atoms with Gasteiger partial charge >= 0.3 is 0 Å². The molecule has 3 rings (SSSR count). The summed E-state index contributed by atoms with van der Waals surface area (Å²) < 4.78 is 0. The molecule has 2 aromatic rings. The van der Waals surface area contributed by atoms with Gasteiger partial charge in [-0.15, -0.1) is 0 Å². The van der Waals surface area contributed by atoms with Crippen LogP contribution in [0.4, 0.5) is 5.69 Å². The van der Waals surface area contributed by atoms with Gasteiger partial charge in [-0.25, -0.2) is 0 Å². The molecule has 2 aromatic carbocycles. The first-order chi connectivity index (χ1) is 10.7. The number of para-hydroxylation sites is 1. The minimum absolute atomic E-state index is 0.178. The zero-order valence-corrected chi connectivity index (χ0v) is 13.0. The van der Waals surface area contributed by atoms with Gasteiger partial charge in [-0.3, -0.25) is 4.79 Å². The molecule has 0 aromatic heterocycles. The topological polar surface area (TPSA) is 23.6 Å². The molecule has 22 heavy (non-hydrogen) atoms. The van der Waals surface area contributed by atoms with Crippen LogP contribution in [0.5, 0.6) is 0 Å². The summed E-state index contributed by atoms with van der Waals surface area (Å²) in [6.45, 7) is 1.99. The van der Waals surface area contributed by atoms with Gasteiger partial charge in [0, 0.05) is 12.2 Å². The largest absolute Gasteiger partial charge is 0.308 e. The molecule has 0 spiro atoms. The number of hydrogen-bond donors (Lipinski definition) is 0. The number of carbonyl (C=O) groups excluding carboxylic acids is 1. The van der Waals surface area contributed by atoms with Crippen molar-refractivity contribution >= 4 is 11.6 Å². The van der Waals surface area contributed by atoms with Gasteiger partial charge in [-0.1, -0.05) is 48.5 Å². The molecule has 0 bridgehead atoms. The number of carbonyl (C=O) groups is 1. The van der Waals surface area contributed by atoms with E-state index in [1.165, 1.54) is 0 Å².